The highest BCUT2D eigenvalue weighted by atomic mass is 16.2. The van der Waals surface area contributed by atoms with E-state index in [9.17, 15) is 4.79 Å². The van der Waals surface area contributed by atoms with Gasteiger partial charge in [-0.2, -0.15) is 5.10 Å². The Kier molecular flexibility index (Phi) is 1.35. The van der Waals surface area contributed by atoms with Crippen LogP contribution in [-0.2, 0) is 0 Å². The first kappa shape index (κ1) is 5.61. The number of nitrogens with zero attached hydrogens (tertiary/aromatic N) is 1. The van der Waals surface area contributed by atoms with Crippen molar-refractivity contribution in [3.8, 4) is 0 Å². The van der Waals surface area contributed by atoms with Crippen molar-refractivity contribution in [3.05, 3.63) is 12.3 Å². The molecule has 2 amide bonds. The molecule has 48 valence electrons. The number of aromatic nitrogens is 2. The number of anilines is 1. The molecule has 1 aromatic rings. The number of H-pyrrole nitrogens is 1. The van der Waals surface area contributed by atoms with Gasteiger partial charge in [0.05, 0.1) is 0 Å². The lowest BCUT2D eigenvalue weighted by Gasteiger charge is -1.90. The second-order valence-corrected chi connectivity index (χ2v) is 1.45. The van der Waals surface area contributed by atoms with Crippen LogP contribution in [0.4, 0.5) is 10.6 Å². The van der Waals surface area contributed by atoms with Gasteiger partial charge in [-0.15, -0.1) is 0 Å². The first-order valence-electron chi connectivity index (χ1n) is 2.35. The molecule has 0 atom stereocenters. The number of carbonyl (C=O) groups excluding carboxylic acids is 1. The molecule has 0 spiro atoms. The van der Waals surface area contributed by atoms with Crippen LogP contribution in [0.3, 0.4) is 0 Å². The Balaban J connectivity index is 2.58. The first-order chi connectivity index (χ1) is 4.29. The molecule has 9 heavy (non-hydrogen) atoms. The number of aromatic amines is 1. The summed E-state index contributed by atoms with van der Waals surface area (Å²) >= 11 is 0. The van der Waals surface area contributed by atoms with Gasteiger partial charge in [-0.25, -0.2) is 4.79 Å². The lowest BCUT2D eigenvalue weighted by atomic mass is 10.6. The average molecular weight is 126 g/mol. The van der Waals surface area contributed by atoms with Crippen LogP contribution in [0, 0.1) is 0 Å². The Bertz CT molecular complexity index is 192. The van der Waals surface area contributed by atoms with Gasteiger partial charge in [0.2, 0.25) is 0 Å². The van der Waals surface area contributed by atoms with E-state index in [0.717, 1.165) is 0 Å². The molecule has 5 heteroatoms. The second-order valence-electron chi connectivity index (χ2n) is 1.45. The number of carbonyl (C=O) groups is 1. The van der Waals surface area contributed by atoms with Crippen molar-refractivity contribution >= 4 is 11.8 Å². The van der Waals surface area contributed by atoms with Gasteiger partial charge < -0.3 is 5.73 Å². The summed E-state index contributed by atoms with van der Waals surface area (Å²) in [4.78, 5) is 10.1. The van der Waals surface area contributed by atoms with Gasteiger partial charge in [0.15, 0.2) is 5.82 Å². The van der Waals surface area contributed by atoms with E-state index >= 15 is 0 Å². The monoisotopic (exact) mass is 126 g/mol. The highest BCUT2D eigenvalue weighted by molar-refractivity contribution is 5.86. The van der Waals surface area contributed by atoms with Gasteiger partial charge in [0, 0.05) is 12.3 Å². The van der Waals surface area contributed by atoms with E-state index in [2.05, 4.69) is 15.5 Å². The molecule has 1 rings (SSSR count). The van der Waals surface area contributed by atoms with Gasteiger partial charge in [-0.3, -0.25) is 10.4 Å². The molecule has 0 bridgehead atoms. The van der Waals surface area contributed by atoms with Crippen LogP contribution < -0.4 is 11.1 Å². The number of rotatable bonds is 1. The fourth-order valence-electron chi connectivity index (χ4n) is 0.456. The molecule has 1 heterocycles. The Morgan fingerprint density at radius 1 is 1.89 bits per heavy atom. The number of hydrogen-bond acceptors (Lipinski definition) is 2. The van der Waals surface area contributed by atoms with Crippen molar-refractivity contribution in [1.82, 2.24) is 10.2 Å². The zero-order valence-corrected chi connectivity index (χ0v) is 4.59. The van der Waals surface area contributed by atoms with Crippen LogP contribution >= 0.6 is 0 Å². The maximum atomic E-state index is 10.1. The smallest absolute Gasteiger partial charge is 0.317 e. The van der Waals surface area contributed by atoms with Crippen molar-refractivity contribution in [1.29, 1.82) is 0 Å². The minimum Gasteiger partial charge on any atom is -0.351 e. The van der Waals surface area contributed by atoms with Crippen molar-refractivity contribution in [2.24, 2.45) is 5.73 Å². The molecule has 0 aromatic carbocycles. The van der Waals surface area contributed by atoms with E-state index in [1.165, 1.54) is 0 Å². The van der Waals surface area contributed by atoms with E-state index in [4.69, 9.17) is 5.73 Å². The van der Waals surface area contributed by atoms with E-state index in [1.54, 1.807) is 12.3 Å². The van der Waals surface area contributed by atoms with Crippen LogP contribution in [0.15, 0.2) is 12.3 Å². The summed E-state index contributed by atoms with van der Waals surface area (Å²) in [5.74, 6) is 0.433. The highest BCUT2D eigenvalue weighted by Gasteiger charge is 1.93. The van der Waals surface area contributed by atoms with Crippen molar-refractivity contribution in [2.75, 3.05) is 5.32 Å². The molecular formula is C4H6N4O. The molecule has 0 aliphatic heterocycles. The lowest BCUT2D eigenvalue weighted by molar-refractivity contribution is 0.259. The molecule has 0 unspecified atom stereocenters. The molecule has 0 fully saturated rings. The molecule has 5 nitrogen and oxygen atoms in total. The van der Waals surface area contributed by atoms with E-state index < -0.39 is 6.03 Å². The Morgan fingerprint density at radius 2 is 2.67 bits per heavy atom. The third-order valence-corrected chi connectivity index (χ3v) is 0.752. The predicted molar refractivity (Wildman–Crippen MR) is 31.8 cm³/mol. The second kappa shape index (κ2) is 2.17. The van der Waals surface area contributed by atoms with Gasteiger partial charge in [0.25, 0.3) is 0 Å². The minimum absolute atomic E-state index is 0.433. The Hall–Kier alpha value is -1.52. The number of primary amides is 1. The van der Waals surface area contributed by atoms with Crippen molar-refractivity contribution in [3.63, 3.8) is 0 Å². The zero-order valence-electron chi connectivity index (χ0n) is 4.59. The maximum Gasteiger partial charge on any atom is 0.317 e. The highest BCUT2D eigenvalue weighted by Crippen LogP contribution is 1.95. The minimum atomic E-state index is -0.609. The van der Waals surface area contributed by atoms with Gasteiger partial charge in [-0.05, 0) is 0 Å². The van der Waals surface area contributed by atoms with Crippen LogP contribution in [-0.4, -0.2) is 16.2 Å². The topological polar surface area (TPSA) is 83.8 Å². The number of nitrogens with two attached hydrogens (primary N) is 1. The van der Waals surface area contributed by atoms with Crippen LogP contribution in [0.2, 0.25) is 0 Å². The Morgan fingerprint density at radius 3 is 3.11 bits per heavy atom. The zero-order chi connectivity index (χ0) is 6.69. The molecular weight excluding hydrogens is 120 g/mol. The van der Waals surface area contributed by atoms with Crippen LogP contribution in [0.1, 0.15) is 0 Å². The quantitative estimate of drug-likeness (QED) is 0.491. The van der Waals surface area contributed by atoms with Crippen molar-refractivity contribution < 1.29 is 4.79 Å². The number of hydrogen-bond donors (Lipinski definition) is 3. The van der Waals surface area contributed by atoms with Gasteiger partial charge in [0.1, 0.15) is 0 Å². The van der Waals surface area contributed by atoms with Gasteiger partial charge in [-0.1, -0.05) is 0 Å². The molecule has 1 aromatic heterocycles. The number of urea groups is 1. The van der Waals surface area contributed by atoms with E-state index in [-0.39, 0.29) is 0 Å². The number of nitrogens with one attached hydrogen (secondary N) is 2. The molecule has 0 radical (unpaired) electrons. The summed E-state index contributed by atoms with van der Waals surface area (Å²) in [6.45, 7) is 0. The van der Waals surface area contributed by atoms with Gasteiger partial charge >= 0.3 is 6.03 Å². The summed E-state index contributed by atoms with van der Waals surface area (Å²) in [5, 5.41) is 8.42. The summed E-state index contributed by atoms with van der Waals surface area (Å²) in [5.41, 5.74) is 4.78. The Labute approximate surface area is 51.2 Å². The maximum absolute atomic E-state index is 10.1. The average Bonchev–Trinajstić information content (AvgIpc) is 2.15. The largest absolute Gasteiger partial charge is 0.351 e. The molecule has 0 aliphatic carbocycles. The molecule has 0 aliphatic rings. The molecule has 0 saturated heterocycles. The lowest BCUT2D eigenvalue weighted by Crippen LogP contribution is -2.19. The van der Waals surface area contributed by atoms with Crippen molar-refractivity contribution in [2.45, 2.75) is 0 Å². The predicted octanol–water partition coefficient (Wildman–Crippen LogP) is -0.0997. The normalized spacial score (nSPS) is 8.89. The van der Waals surface area contributed by atoms with E-state index in [1.807, 2.05) is 0 Å². The standard InChI is InChI=1S/C4H6N4O/c5-4(9)7-3-1-2-6-8-3/h1-2H,(H4,5,6,7,8,9). The number of amides is 2. The summed E-state index contributed by atoms with van der Waals surface area (Å²) in [6, 6.07) is 0.993. The SMILES string of the molecule is NC(=O)Nc1cc[nH]n1. The fourth-order valence-corrected chi connectivity index (χ4v) is 0.456. The summed E-state index contributed by atoms with van der Waals surface area (Å²) < 4.78 is 0. The third kappa shape index (κ3) is 1.45. The van der Waals surface area contributed by atoms with E-state index in [0.29, 0.717) is 5.82 Å². The van der Waals surface area contributed by atoms with Crippen LogP contribution in [0.5, 0.6) is 0 Å². The summed E-state index contributed by atoms with van der Waals surface area (Å²) in [7, 11) is 0. The molecule has 4 N–H and O–H groups in total. The molecule has 0 saturated carbocycles. The summed E-state index contributed by atoms with van der Waals surface area (Å²) in [6.07, 6.45) is 1.59. The third-order valence-electron chi connectivity index (χ3n) is 0.752. The van der Waals surface area contributed by atoms with Crippen LogP contribution in [0.25, 0.3) is 0 Å². The fraction of sp³-hybridized carbons (Fsp3) is 0. The first-order valence-corrected chi connectivity index (χ1v) is 2.35.